The first-order chi connectivity index (χ1) is 21.3. The van der Waals surface area contributed by atoms with Gasteiger partial charge in [0.25, 0.3) is 0 Å². The number of rotatable bonds is 35. The SMILES string of the molecule is CCCCCCCCCCCCCCCCCCCCCCOCCCCCCCCCCCCOc1ccc(C)cc1. The Morgan fingerprint density at radius 1 is 0.349 bits per heavy atom. The van der Waals surface area contributed by atoms with Crippen LogP contribution in [0.1, 0.15) is 205 Å². The molecule has 0 spiro atoms. The van der Waals surface area contributed by atoms with Gasteiger partial charge >= 0.3 is 0 Å². The van der Waals surface area contributed by atoms with Crippen molar-refractivity contribution in [2.45, 2.75) is 206 Å². The van der Waals surface area contributed by atoms with Crippen LogP contribution in [0.4, 0.5) is 0 Å². The van der Waals surface area contributed by atoms with Crippen molar-refractivity contribution >= 4 is 0 Å². The van der Waals surface area contributed by atoms with Gasteiger partial charge in [-0.1, -0.05) is 198 Å². The fourth-order valence-corrected chi connectivity index (χ4v) is 6.11. The molecule has 0 bridgehead atoms. The molecule has 2 nitrogen and oxygen atoms in total. The molecule has 43 heavy (non-hydrogen) atoms. The van der Waals surface area contributed by atoms with Crippen molar-refractivity contribution in [2.75, 3.05) is 19.8 Å². The summed E-state index contributed by atoms with van der Waals surface area (Å²) in [6, 6.07) is 8.38. The summed E-state index contributed by atoms with van der Waals surface area (Å²) in [7, 11) is 0. The van der Waals surface area contributed by atoms with Gasteiger partial charge in [-0.2, -0.15) is 0 Å². The van der Waals surface area contributed by atoms with Crippen molar-refractivity contribution in [1.82, 2.24) is 0 Å². The summed E-state index contributed by atoms with van der Waals surface area (Å²) in [4.78, 5) is 0. The third kappa shape index (κ3) is 30.8. The van der Waals surface area contributed by atoms with Crippen molar-refractivity contribution in [1.29, 1.82) is 0 Å². The quantitative estimate of drug-likeness (QED) is 0.0721. The van der Waals surface area contributed by atoms with Crippen LogP contribution < -0.4 is 4.74 Å². The third-order valence-corrected chi connectivity index (χ3v) is 9.11. The van der Waals surface area contributed by atoms with Crippen molar-refractivity contribution in [3.63, 3.8) is 0 Å². The molecule has 0 aliphatic heterocycles. The topological polar surface area (TPSA) is 18.5 Å². The highest BCUT2D eigenvalue weighted by Crippen LogP contribution is 2.16. The standard InChI is InChI=1S/C41H76O2/c1-3-4-5-6-7-8-9-10-11-12-13-14-15-16-17-18-21-24-27-30-37-42-38-31-28-25-22-19-20-23-26-29-32-39-43-41-35-33-40(2)34-36-41/h33-36H,3-32,37-39H2,1-2H3. The lowest BCUT2D eigenvalue weighted by molar-refractivity contribution is 0.125. The maximum atomic E-state index is 5.89. The molecule has 2 heteroatoms. The van der Waals surface area contributed by atoms with Gasteiger partial charge in [-0.05, 0) is 38.3 Å². The van der Waals surface area contributed by atoms with E-state index in [2.05, 4.69) is 38.1 Å². The fourth-order valence-electron chi connectivity index (χ4n) is 6.11. The van der Waals surface area contributed by atoms with E-state index in [-0.39, 0.29) is 0 Å². The minimum Gasteiger partial charge on any atom is -0.494 e. The highest BCUT2D eigenvalue weighted by molar-refractivity contribution is 5.26. The van der Waals surface area contributed by atoms with Gasteiger partial charge in [0.05, 0.1) is 6.61 Å². The molecule has 0 aliphatic rings. The molecule has 252 valence electrons. The molecule has 0 aromatic heterocycles. The van der Waals surface area contributed by atoms with Crippen LogP contribution in [-0.2, 0) is 4.74 Å². The molecule has 0 amide bonds. The van der Waals surface area contributed by atoms with Gasteiger partial charge < -0.3 is 9.47 Å². The monoisotopic (exact) mass is 601 g/mol. The number of hydrogen-bond donors (Lipinski definition) is 0. The number of hydrogen-bond acceptors (Lipinski definition) is 2. The molecule has 0 aliphatic carbocycles. The summed E-state index contributed by atoms with van der Waals surface area (Å²) in [5.74, 6) is 1.01. The summed E-state index contributed by atoms with van der Waals surface area (Å²) in [5, 5.41) is 0. The van der Waals surface area contributed by atoms with Gasteiger partial charge in [0.2, 0.25) is 0 Å². The second-order valence-electron chi connectivity index (χ2n) is 13.5. The van der Waals surface area contributed by atoms with Gasteiger partial charge in [0.1, 0.15) is 5.75 Å². The van der Waals surface area contributed by atoms with E-state index in [0.29, 0.717) is 0 Å². The molecule has 0 atom stereocenters. The van der Waals surface area contributed by atoms with E-state index in [1.807, 2.05) is 0 Å². The van der Waals surface area contributed by atoms with Crippen LogP contribution in [0.3, 0.4) is 0 Å². The average molecular weight is 601 g/mol. The molecule has 0 N–H and O–H groups in total. The molecule has 1 rings (SSSR count). The van der Waals surface area contributed by atoms with E-state index in [1.54, 1.807) is 0 Å². The smallest absolute Gasteiger partial charge is 0.119 e. The summed E-state index contributed by atoms with van der Waals surface area (Å²) in [5.41, 5.74) is 1.29. The molecule has 0 fully saturated rings. The van der Waals surface area contributed by atoms with Crippen LogP contribution in [0.15, 0.2) is 24.3 Å². The summed E-state index contributed by atoms with van der Waals surface area (Å²) in [6.45, 7) is 7.23. The predicted molar refractivity (Wildman–Crippen MR) is 192 cm³/mol. The molecule has 0 heterocycles. The normalized spacial score (nSPS) is 11.4. The third-order valence-electron chi connectivity index (χ3n) is 9.11. The van der Waals surface area contributed by atoms with E-state index >= 15 is 0 Å². The predicted octanol–water partition coefficient (Wildman–Crippen LogP) is 14.1. The largest absolute Gasteiger partial charge is 0.494 e. The Morgan fingerprint density at radius 2 is 0.628 bits per heavy atom. The number of ether oxygens (including phenoxy) is 2. The fraction of sp³-hybridized carbons (Fsp3) is 0.854. The number of aryl methyl sites for hydroxylation is 1. The van der Waals surface area contributed by atoms with Gasteiger partial charge in [-0.25, -0.2) is 0 Å². The molecule has 0 saturated heterocycles. The first-order valence-corrected chi connectivity index (χ1v) is 19.6. The molecular weight excluding hydrogens is 524 g/mol. The minimum atomic E-state index is 0.852. The van der Waals surface area contributed by atoms with E-state index in [1.165, 1.54) is 198 Å². The molecule has 0 unspecified atom stereocenters. The van der Waals surface area contributed by atoms with Crippen molar-refractivity contribution in [3.8, 4) is 5.75 Å². The highest BCUT2D eigenvalue weighted by atomic mass is 16.5. The Bertz CT molecular complexity index is 640. The van der Waals surface area contributed by atoms with Crippen molar-refractivity contribution < 1.29 is 9.47 Å². The van der Waals surface area contributed by atoms with Gasteiger partial charge in [0.15, 0.2) is 0 Å². The minimum absolute atomic E-state index is 0.852. The van der Waals surface area contributed by atoms with Crippen LogP contribution in [-0.4, -0.2) is 19.8 Å². The molecule has 0 saturated carbocycles. The van der Waals surface area contributed by atoms with Crippen LogP contribution in [0.5, 0.6) is 5.75 Å². The first kappa shape index (κ1) is 40.0. The van der Waals surface area contributed by atoms with Crippen LogP contribution >= 0.6 is 0 Å². The zero-order valence-electron chi connectivity index (χ0n) is 29.5. The van der Waals surface area contributed by atoms with Crippen molar-refractivity contribution in [3.05, 3.63) is 29.8 Å². The lowest BCUT2D eigenvalue weighted by Crippen LogP contribution is -1.97. The number of unbranched alkanes of at least 4 members (excludes halogenated alkanes) is 28. The second-order valence-corrected chi connectivity index (χ2v) is 13.5. The Morgan fingerprint density at radius 3 is 0.953 bits per heavy atom. The lowest BCUT2D eigenvalue weighted by atomic mass is 10.0. The molecule has 0 radical (unpaired) electrons. The average Bonchev–Trinajstić information content (AvgIpc) is 3.02. The Kier molecular flexibility index (Phi) is 31.5. The maximum Gasteiger partial charge on any atom is 0.119 e. The van der Waals surface area contributed by atoms with Gasteiger partial charge in [-0.15, -0.1) is 0 Å². The zero-order valence-corrected chi connectivity index (χ0v) is 29.5. The van der Waals surface area contributed by atoms with Crippen LogP contribution in [0.2, 0.25) is 0 Å². The Labute approximate surface area is 270 Å². The van der Waals surface area contributed by atoms with E-state index in [0.717, 1.165) is 25.6 Å². The summed E-state index contributed by atoms with van der Waals surface area (Å²) >= 11 is 0. The second kappa shape index (κ2) is 33.9. The Hall–Kier alpha value is -1.02. The van der Waals surface area contributed by atoms with E-state index < -0.39 is 0 Å². The number of benzene rings is 1. The van der Waals surface area contributed by atoms with Gasteiger partial charge in [-0.3, -0.25) is 0 Å². The van der Waals surface area contributed by atoms with E-state index in [4.69, 9.17) is 9.47 Å². The molecule has 1 aromatic carbocycles. The molecular formula is C41H76O2. The Balaban J connectivity index is 1.62. The van der Waals surface area contributed by atoms with Gasteiger partial charge in [0, 0.05) is 13.2 Å². The van der Waals surface area contributed by atoms with Crippen molar-refractivity contribution in [2.24, 2.45) is 0 Å². The van der Waals surface area contributed by atoms with Crippen LogP contribution in [0, 0.1) is 6.92 Å². The maximum absolute atomic E-state index is 5.89. The highest BCUT2D eigenvalue weighted by Gasteiger charge is 1.98. The van der Waals surface area contributed by atoms with E-state index in [9.17, 15) is 0 Å². The summed E-state index contributed by atoms with van der Waals surface area (Å²) in [6.07, 6.45) is 42.2. The first-order valence-electron chi connectivity index (χ1n) is 19.6. The summed E-state index contributed by atoms with van der Waals surface area (Å²) < 4.78 is 11.7. The zero-order chi connectivity index (χ0) is 30.7. The molecule has 1 aromatic rings. The van der Waals surface area contributed by atoms with Crippen LogP contribution in [0.25, 0.3) is 0 Å². The lowest BCUT2D eigenvalue weighted by Gasteiger charge is -2.07.